The summed E-state index contributed by atoms with van der Waals surface area (Å²) in [7, 11) is -2.18. The van der Waals surface area contributed by atoms with Gasteiger partial charge in [0.15, 0.2) is 0 Å². The van der Waals surface area contributed by atoms with Gasteiger partial charge in [0.05, 0.1) is 14.7 Å². The van der Waals surface area contributed by atoms with Crippen LogP contribution in [0.15, 0.2) is 12.2 Å². The molecule has 214 valence electrons. The van der Waals surface area contributed by atoms with E-state index >= 15 is 0 Å². The lowest BCUT2D eigenvalue weighted by molar-refractivity contribution is -0.138. The average molecular weight is 531 g/mol. The van der Waals surface area contributed by atoms with E-state index in [2.05, 4.69) is 68.9 Å². The van der Waals surface area contributed by atoms with Gasteiger partial charge in [0, 0.05) is 5.57 Å². The Morgan fingerprint density at radius 3 is 1.27 bits per heavy atom. The van der Waals surface area contributed by atoms with Crippen LogP contribution < -0.4 is 0 Å². The number of hydrogen-bond acceptors (Lipinski definition) is 2. The molecule has 3 aliphatic carbocycles. The first-order chi connectivity index (χ1) is 16.9. The fraction of sp³-hybridized carbons (Fsp3) is 0.912. The van der Waals surface area contributed by atoms with Crippen molar-refractivity contribution in [2.75, 3.05) is 6.61 Å². The maximum Gasteiger partial charge on any atom is 0.333 e. The Balaban J connectivity index is 2.30. The molecule has 3 atom stereocenters. The lowest BCUT2D eigenvalue weighted by Crippen LogP contribution is -2.72. The highest BCUT2D eigenvalue weighted by Gasteiger charge is 2.75. The molecule has 0 N–H and O–H groups in total. The molecule has 0 saturated heterocycles. The van der Waals surface area contributed by atoms with Crippen LogP contribution in [0.5, 0.6) is 0 Å². The van der Waals surface area contributed by atoms with Crippen LogP contribution in [0.3, 0.4) is 0 Å². The first-order valence-electron chi connectivity index (χ1n) is 15.8. The van der Waals surface area contributed by atoms with Gasteiger partial charge in [-0.25, -0.2) is 4.79 Å². The highest BCUT2D eigenvalue weighted by Crippen LogP contribution is 2.83. The molecule has 0 bridgehead atoms. The van der Waals surface area contributed by atoms with Crippen molar-refractivity contribution in [1.82, 2.24) is 0 Å². The maximum absolute atomic E-state index is 12.4. The number of rotatable bonds is 8. The van der Waals surface area contributed by atoms with Crippen LogP contribution in [0.25, 0.3) is 0 Å². The summed E-state index contributed by atoms with van der Waals surface area (Å²) < 4.78 is 5.80. The van der Waals surface area contributed by atoms with Crippen LogP contribution in [0, 0.1) is 16.2 Å². The first kappa shape index (κ1) is 31.0. The minimum Gasteiger partial charge on any atom is -0.462 e. The topological polar surface area (TPSA) is 26.3 Å². The van der Waals surface area contributed by atoms with Gasteiger partial charge in [-0.05, 0) is 83.2 Å². The van der Waals surface area contributed by atoms with Crippen molar-refractivity contribution in [1.29, 1.82) is 0 Å². The summed E-state index contributed by atoms with van der Waals surface area (Å²) in [6, 6.07) is 1.29. The molecule has 3 aliphatic rings. The Labute approximate surface area is 232 Å². The van der Waals surface area contributed by atoms with E-state index in [-0.39, 0.29) is 5.97 Å². The Morgan fingerprint density at radius 1 is 0.649 bits per heavy atom. The number of esters is 1. The molecule has 0 aromatic rings. The summed E-state index contributed by atoms with van der Waals surface area (Å²) in [6.07, 6.45) is 17.5. The quantitative estimate of drug-likeness (QED) is 0.135. The van der Waals surface area contributed by atoms with Gasteiger partial charge < -0.3 is 4.74 Å². The third kappa shape index (κ3) is 4.63. The van der Waals surface area contributed by atoms with Crippen molar-refractivity contribution < 1.29 is 9.53 Å². The molecule has 0 radical (unpaired) electrons. The monoisotopic (exact) mass is 530 g/mol. The van der Waals surface area contributed by atoms with E-state index in [1.54, 1.807) is 6.92 Å². The van der Waals surface area contributed by atoms with Gasteiger partial charge in [0.1, 0.15) is 0 Å². The van der Waals surface area contributed by atoms with Crippen molar-refractivity contribution in [3.63, 3.8) is 0 Å². The number of carbonyl (C=O) groups excluding carboxylic acids is 1. The van der Waals surface area contributed by atoms with E-state index in [0.29, 0.717) is 43.5 Å². The minimum atomic E-state index is -2.18. The Hall–Kier alpha value is -0.573. The predicted octanol–water partition coefficient (Wildman–Crippen LogP) is 11.0. The summed E-state index contributed by atoms with van der Waals surface area (Å²) in [6.45, 7) is 30.4. The second-order valence-electron chi connectivity index (χ2n) is 16.2. The normalized spacial score (nSPS) is 36.8. The maximum atomic E-state index is 12.4. The highest BCUT2D eigenvalue weighted by molar-refractivity contribution is 6.88. The van der Waals surface area contributed by atoms with E-state index in [9.17, 15) is 4.79 Å². The van der Waals surface area contributed by atoms with Gasteiger partial charge in [-0.15, -0.1) is 0 Å². The largest absolute Gasteiger partial charge is 0.462 e. The van der Waals surface area contributed by atoms with Crippen molar-refractivity contribution >= 4 is 14.0 Å². The molecule has 3 fully saturated rings. The van der Waals surface area contributed by atoms with Crippen molar-refractivity contribution in [2.45, 2.75) is 174 Å². The summed E-state index contributed by atoms with van der Waals surface area (Å²) in [5.74, 6) is -0.218. The van der Waals surface area contributed by atoms with E-state index in [4.69, 9.17) is 4.74 Å². The molecule has 2 nitrogen and oxygen atoms in total. The number of ether oxygens (including phenoxy) is 1. The van der Waals surface area contributed by atoms with Gasteiger partial charge in [0.2, 0.25) is 0 Å². The molecular weight excluding hydrogens is 468 g/mol. The molecule has 0 aromatic carbocycles. The summed E-state index contributed by atoms with van der Waals surface area (Å²) in [5, 5.41) is 1.05. The zero-order valence-electron chi connectivity index (χ0n) is 26.6. The first-order valence-corrected chi connectivity index (χ1v) is 18.0. The molecule has 3 rings (SSSR count). The highest BCUT2D eigenvalue weighted by atomic mass is 28.3. The third-order valence-corrected chi connectivity index (χ3v) is 23.3. The molecule has 0 spiro atoms. The standard InChI is InChI=1S/C34H62O2Si/c1-27(2)28(35)36-25-18-26-37(32(9)22-15-12-19-29(32,3)4,33(10)23-16-13-20-30(33,5)6)34(11)24-17-14-21-31(34,7)8/h1,12-26H2,2-11H3. The van der Waals surface area contributed by atoms with Crippen LogP contribution in [-0.4, -0.2) is 20.7 Å². The van der Waals surface area contributed by atoms with Crippen LogP contribution in [0.2, 0.25) is 21.2 Å². The molecular formula is C34H62O2Si. The van der Waals surface area contributed by atoms with Crippen LogP contribution in [-0.2, 0) is 9.53 Å². The molecule has 0 aliphatic heterocycles. The van der Waals surface area contributed by atoms with E-state index < -0.39 is 8.07 Å². The van der Waals surface area contributed by atoms with E-state index in [1.165, 1.54) is 83.1 Å². The van der Waals surface area contributed by atoms with Gasteiger partial charge in [0.25, 0.3) is 0 Å². The van der Waals surface area contributed by atoms with E-state index in [0.717, 1.165) is 6.42 Å². The molecule has 3 unspecified atom stereocenters. The van der Waals surface area contributed by atoms with Crippen LogP contribution >= 0.6 is 0 Å². The fourth-order valence-corrected chi connectivity index (χ4v) is 22.3. The number of carbonyl (C=O) groups is 1. The van der Waals surface area contributed by atoms with Crippen LogP contribution in [0.1, 0.15) is 153 Å². The summed E-state index contributed by atoms with van der Waals surface area (Å²) in [4.78, 5) is 12.4. The Morgan fingerprint density at radius 2 is 0.973 bits per heavy atom. The molecule has 3 saturated carbocycles. The Kier molecular flexibility index (Phi) is 8.73. The Bertz CT molecular complexity index is 770. The van der Waals surface area contributed by atoms with Gasteiger partial charge in [-0.1, -0.05) is 113 Å². The minimum absolute atomic E-state index is 0.218. The zero-order valence-corrected chi connectivity index (χ0v) is 27.6. The molecule has 0 heterocycles. The summed E-state index contributed by atoms with van der Waals surface area (Å²) in [5.41, 5.74) is 1.51. The van der Waals surface area contributed by atoms with Crippen molar-refractivity contribution in [3.8, 4) is 0 Å². The SMILES string of the molecule is C=C(C)C(=O)OCCC[Si](C1(C)CCCCC1(C)C)(C1(C)CCCCC1(C)C)C1(C)CCCCC1(C)C. The average Bonchev–Trinajstić information content (AvgIpc) is 2.79. The fourth-order valence-electron chi connectivity index (χ4n) is 10.6. The van der Waals surface area contributed by atoms with Gasteiger partial charge >= 0.3 is 5.97 Å². The zero-order chi connectivity index (χ0) is 28.0. The predicted molar refractivity (Wildman–Crippen MR) is 163 cm³/mol. The lowest BCUT2D eigenvalue weighted by atomic mass is 9.66. The lowest BCUT2D eigenvalue weighted by Gasteiger charge is -2.77. The molecule has 0 aromatic heterocycles. The molecule has 37 heavy (non-hydrogen) atoms. The summed E-state index contributed by atoms with van der Waals surface area (Å²) >= 11 is 0. The second kappa shape index (κ2) is 10.4. The smallest absolute Gasteiger partial charge is 0.333 e. The second-order valence-corrected chi connectivity index (χ2v) is 21.8. The number of hydrogen-bond donors (Lipinski definition) is 0. The van der Waals surface area contributed by atoms with E-state index in [1.807, 2.05) is 0 Å². The third-order valence-electron chi connectivity index (χ3n) is 13.8. The molecule has 3 heteroatoms. The van der Waals surface area contributed by atoms with Crippen molar-refractivity contribution in [3.05, 3.63) is 12.2 Å². The molecule has 0 amide bonds. The van der Waals surface area contributed by atoms with Crippen LogP contribution in [0.4, 0.5) is 0 Å². The van der Waals surface area contributed by atoms with Gasteiger partial charge in [-0.2, -0.15) is 0 Å². The van der Waals surface area contributed by atoms with Gasteiger partial charge in [-0.3, -0.25) is 0 Å². The van der Waals surface area contributed by atoms with Crippen molar-refractivity contribution in [2.24, 2.45) is 16.2 Å².